The van der Waals surface area contributed by atoms with E-state index >= 15 is 0 Å². The SMILES string of the molecule is COc1cccc(C(N)Cc2cccc(Cl)c2F)c1OC. The van der Waals surface area contributed by atoms with Crippen molar-refractivity contribution in [1.29, 1.82) is 0 Å². The monoisotopic (exact) mass is 309 g/mol. The van der Waals surface area contributed by atoms with Crippen molar-refractivity contribution in [2.24, 2.45) is 5.73 Å². The molecule has 5 heteroatoms. The molecular formula is C16H17ClFNO2. The molecule has 0 saturated carbocycles. The van der Waals surface area contributed by atoms with Crippen LogP contribution in [0.25, 0.3) is 0 Å². The van der Waals surface area contributed by atoms with E-state index in [0.717, 1.165) is 5.56 Å². The lowest BCUT2D eigenvalue weighted by Crippen LogP contribution is -2.15. The molecule has 0 aliphatic heterocycles. The van der Waals surface area contributed by atoms with Crippen molar-refractivity contribution in [3.63, 3.8) is 0 Å². The molecule has 21 heavy (non-hydrogen) atoms. The Hall–Kier alpha value is -1.78. The number of para-hydroxylation sites is 1. The summed E-state index contributed by atoms with van der Waals surface area (Å²) in [6, 6.07) is 9.92. The molecule has 0 saturated heterocycles. The number of methoxy groups -OCH3 is 2. The van der Waals surface area contributed by atoms with Gasteiger partial charge in [-0.05, 0) is 24.1 Å². The van der Waals surface area contributed by atoms with Gasteiger partial charge in [-0.15, -0.1) is 0 Å². The molecule has 1 atom stereocenters. The highest BCUT2D eigenvalue weighted by Crippen LogP contribution is 2.35. The van der Waals surface area contributed by atoms with Gasteiger partial charge < -0.3 is 15.2 Å². The third-order valence-corrected chi connectivity index (χ3v) is 3.60. The summed E-state index contributed by atoms with van der Waals surface area (Å²) < 4.78 is 24.6. The molecule has 0 aliphatic carbocycles. The Bertz CT molecular complexity index is 634. The van der Waals surface area contributed by atoms with Crippen LogP contribution in [0.1, 0.15) is 17.2 Å². The molecule has 112 valence electrons. The third-order valence-electron chi connectivity index (χ3n) is 3.30. The van der Waals surface area contributed by atoms with E-state index in [0.29, 0.717) is 23.5 Å². The van der Waals surface area contributed by atoms with Crippen LogP contribution in [0, 0.1) is 5.82 Å². The highest BCUT2D eigenvalue weighted by molar-refractivity contribution is 6.30. The van der Waals surface area contributed by atoms with E-state index in [1.165, 1.54) is 6.07 Å². The highest BCUT2D eigenvalue weighted by atomic mass is 35.5. The lowest BCUT2D eigenvalue weighted by Gasteiger charge is -2.18. The Morgan fingerprint density at radius 3 is 2.52 bits per heavy atom. The van der Waals surface area contributed by atoms with Crippen LogP contribution < -0.4 is 15.2 Å². The lowest BCUT2D eigenvalue weighted by atomic mass is 9.98. The molecule has 0 radical (unpaired) electrons. The van der Waals surface area contributed by atoms with Crippen molar-refractivity contribution in [2.45, 2.75) is 12.5 Å². The Morgan fingerprint density at radius 2 is 1.86 bits per heavy atom. The van der Waals surface area contributed by atoms with Gasteiger partial charge in [0.05, 0.1) is 19.2 Å². The van der Waals surface area contributed by atoms with Crippen LogP contribution in [0.5, 0.6) is 11.5 Å². The van der Waals surface area contributed by atoms with Gasteiger partial charge in [-0.2, -0.15) is 0 Å². The van der Waals surface area contributed by atoms with Gasteiger partial charge in [-0.1, -0.05) is 35.9 Å². The van der Waals surface area contributed by atoms with Crippen molar-refractivity contribution in [3.05, 3.63) is 58.4 Å². The second kappa shape index (κ2) is 6.78. The van der Waals surface area contributed by atoms with E-state index in [-0.39, 0.29) is 5.02 Å². The zero-order valence-electron chi connectivity index (χ0n) is 11.9. The molecule has 2 rings (SSSR count). The molecule has 0 aromatic heterocycles. The largest absolute Gasteiger partial charge is 0.493 e. The van der Waals surface area contributed by atoms with Crippen LogP contribution in [0.15, 0.2) is 36.4 Å². The number of nitrogens with two attached hydrogens (primary N) is 1. The summed E-state index contributed by atoms with van der Waals surface area (Å²) >= 11 is 5.79. The first-order valence-corrected chi connectivity index (χ1v) is 6.85. The topological polar surface area (TPSA) is 44.5 Å². The molecule has 0 heterocycles. The predicted molar refractivity (Wildman–Crippen MR) is 81.6 cm³/mol. The zero-order valence-corrected chi connectivity index (χ0v) is 12.7. The van der Waals surface area contributed by atoms with E-state index in [1.807, 2.05) is 12.1 Å². The van der Waals surface area contributed by atoms with Crippen LogP contribution in [-0.2, 0) is 6.42 Å². The van der Waals surface area contributed by atoms with Crippen LogP contribution in [0.4, 0.5) is 4.39 Å². The van der Waals surface area contributed by atoms with E-state index < -0.39 is 11.9 Å². The molecule has 2 N–H and O–H groups in total. The molecule has 0 bridgehead atoms. The van der Waals surface area contributed by atoms with Gasteiger partial charge in [-0.25, -0.2) is 4.39 Å². The van der Waals surface area contributed by atoms with Gasteiger partial charge in [0, 0.05) is 11.6 Å². The minimum absolute atomic E-state index is 0.0947. The molecular weight excluding hydrogens is 293 g/mol. The Labute approximate surface area is 128 Å². The summed E-state index contributed by atoms with van der Waals surface area (Å²) in [6.45, 7) is 0. The Morgan fingerprint density at radius 1 is 1.14 bits per heavy atom. The summed E-state index contributed by atoms with van der Waals surface area (Å²) in [4.78, 5) is 0. The Kier molecular flexibility index (Phi) is 5.04. The summed E-state index contributed by atoms with van der Waals surface area (Å²) in [5.74, 6) is 0.725. The Balaban J connectivity index is 2.32. The first kappa shape index (κ1) is 15.6. The summed E-state index contributed by atoms with van der Waals surface area (Å²) in [6.07, 6.45) is 0.315. The second-order valence-electron chi connectivity index (χ2n) is 4.61. The van der Waals surface area contributed by atoms with Gasteiger partial charge in [0.25, 0.3) is 0 Å². The molecule has 0 spiro atoms. The molecule has 0 aliphatic rings. The van der Waals surface area contributed by atoms with Gasteiger partial charge in [-0.3, -0.25) is 0 Å². The van der Waals surface area contributed by atoms with Crippen LogP contribution >= 0.6 is 11.6 Å². The number of halogens is 2. The maximum Gasteiger partial charge on any atom is 0.165 e. The smallest absolute Gasteiger partial charge is 0.165 e. The minimum Gasteiger partial charge on any atom is -0.493 e. The van der Waals surface area contributed by atoms with Crippen LogP contribution in [-0.4, -0.2) is 14.2 Å². The number of rotatable bonds is 5. The third kappa shape index (κ3) is 3.28. The van der Waals surface area contributed by atoms with Crippen molar-refractivity contribution in [2.75, 3.05) is 14.2 Å². The second-order valence-corrected chi connectivity index (χ2v) is 5.01. The number of hydrogen-bond donors (Lipinski definition) is 1. The maximum absolute atomic E-state index is 14.0. The van der Waals surface area contributed by atoms with Crippen molar-refractivity contribution in [1.82, 2.24) is 0 Å². The van der Waals surface area contributed by atoms with Gasteiger partial charge in [0.15, 0.2) is 11.5 Å². The van der Waals surface area contributed by atoms with Crippen molar-refractivity contribution in [3.8, 4) is 11.5 Å². The number of hydrogen-bond acceptors (Lipinski definition) is 3. The quantitative estimate of drug-likeness (QED) is 0.915. The predicted octanol–water partition coefficient (Wildman–Crippen LogP) is 3.74. The average Bonchev–Trinajstić information content (AvgIpc) is 2.50. The molecule has 3 nitrogen and oxygen atoms in total. The molecule has 2 aromatic carbocycles. The fourth-order valence-corrected chi connectivity index (χ4v) is 2.45. The fraction of sp³-hybridized carbons (Fsp3) is 0.250. The highest BCUT2D eigenvalue weighted by Gasteiger charge is 2.18. The molecule has 0 fully saturated rings. The van der Waals surface area contributed by atoms with Gasteiger partial charge >= 0.3 is 0 Å². The summed E-state index contributed by atoms with van der Waals surface area (Å²) in [5.41, 5.74) is 7.43. The normalized spacial score (nSPS) is 12.0. The average molecular weight is 310 g/mol. The molecule has 2 aromatic rings. The van der Waals surface area contributed by atoms with Crippen molar-refractivity contribution < 1.29 is 13.9 Å². The lowest BCUT2D eigenvalue weighted by molar-refractivity contribution is 0.349. The summed E-state index contributed by atoms with van der Waals surface area (Å²) in [7, 11) is 3.11. The molecule has 0 amide bonds. The van der Waals surface area contributed by atoms with E-state index in [2.05, 4.69) is 0 Å². The van der Waals surface area contributed by atoms with Crippen LogP contribution in [0.2, 0.25) is 5.02 Å². The summed E-state index contributed by atoms with van der Waals surface area (Å²) in [5, 5.41) is 0.0947. The first-order chi connectivity index (χ1) is 10.1. The minimum atomic E-state index is -0.434. The number of benzene rings is 2. The maximum atomic E-state index is 14.0. The van der Waals surface area contributed by atoms with E-state index in [1.54, 1.807) is 32.4 Å². The first-order valence-electron chi connectivity index (χ1n) is 6.47. The zero-order chi connectivity index (χ0) is 15.4. The van der Waals surface area contributed by atoms with Crippen LogP contribution in [0.3, 0.4) is 0 Å². The molecule has 1 unspecified atom stereocenters. The van der Waals surface area contributed by atoms with E-state index in [4.69, 9.17) is 26.8 Å². The fourth-order valence-electron chi connectivity index (χ4n) is 2.26. The van der Waals surface area contributed by atoms with E-state index in [9.17, 15) is 4.39 Å². The number of ether oxygens (including phenoxy) is 2. The van der Waals surface area contributed by atoms with Crippen molar-refractivity contribution >= 4 is 11.6 Å². The standard InChI is InChI=1S/C16H17ClFNO2/c1-20-14-8-4-6-11(16(14)21-2)13(19)9-10-5-3-7-12(17)15(10)18/h3-8,13H,9,19H2,1-2H3. The van der Waals surface area contributed by atoms with Gasteiger partial charge in [0.2, 0.25) is 0 Å². The van der Waals surface area contributed by atoms with Gasteiger partial charge in [0.1, 0.15) is 5.82 Å².